The number of fused-ring (bicyclic) bond motifs is 3. The molecule has 0 amide bonds. The SMILES string of the molecule is O=C=Nc1nnc2n1-c1cc[c]cc1C(c1ccccc1Cl)=NC2. The van der Waals surface area contributed by atoms with Crippen molar-refractivity contribution in [2.24, 2.45) is 9.98 Å². The van der Waals surface area contributed by atoms with Gasteiger partial charge in [0.15, 0.2) is 5.82 Å². The molecule has 0 aliphatic carbocycles. The van der Waals surface area contributed by atoms with E-state index in [1.807, 2.05) is 36.4 Å². The molecule has 1 aliphatic rings. The summed E-state index contributed by atoms with van der Waals surface area (Å²) < 4.78 is 1.70. The van der Waals surface area contributed by atoms with Gasteiger partial charge in [0, 0.05) is 16.1 Å². The van der Waals surface area contributed by atoms with E-state index in [0.717, 1.165) is 22.5 Å². The Balaban J connectivity index is 2.00. The summed E-state index contributed by atoms with van der Waals surface area (Å²) >= 11 is 6.35. The van der Waals surface area contributed by atoms with Gasteiger partial charge in [-0.1, -0.05) is 35.9 Å². The van der Waals surface area contributed by atoms with Gasteiger partial charge >= 0.3 is 0 Å². The maximum absolute atomic E-state index is 10.7. The van der Waals surface area contributed by atoms with Gasteiger partial charge < -0.3 is 0 Å². The number of isocyanates is 1. The second kappa shape index (κ2) is 5.85. The number of aliphatic imine (C=N–C) groups is 2. The molecule has 0 atom stereocenters. The number of nitrogens with zero attached hydrogens (tertiary/aromatic N) is 5. The van der Waals surface area contributed by atoms with Crippen LogP contribution in [0.2, 0.25) is 5.02 Å². The molecule has 0 N–H and O–H groups in total. The third-order valence-corrected chi connectivity index (χ3v) is 4.03. The minimum absolute atomic E-state index is 0.169. The fourth-order valence-corrected chi connectivity index (χ4v) is 2.92. The van der Waals surface area contributed by atoms with E-state index >= 15 is 0 Å². The molecule has 24 heavy (non-hydrogen) atoms. The molecule has 4 rings (SSSR count). The van der Waals surface area contributed by atoms with Crippen LogP contribution in [0.4, 0.5) is 5.95 Å². The van der Waals surface area contributed by atoms with Crippen molar-refractivity contribution in [2.75, 3.05) is 0 Å². The van der Waals surface area contributed by atoms with Crippen LogP contribution in [0.1, 0.15) is 17.0 Å². The van der Waals surface area contributed by atoms with E-state index in [1.54, 1.807) is 10.6 Å². The lowest BCUT2D eigenvalue weighted by Gasteiger charge is -2.12. The maximum atomic E-state index is 10.7. The second-order valence-corrected chi connectivity index (χ2v) is 5.45. The number of carbonyl (C=O) groups excluding carboxylic acids is 1. The van der Waals surface area contributed by atoms with Gasteiger partial charge in [-0.05, 0) is 24.3 Å². The molecule has 0 bridgehead atoms. The summed E-state index contributed by atoms with van der Waals surface area (Å²) in [7, 11) is 0. The standard InChI is InChI=1S/C17H9ClN5O/c18-13-7-3-1-5-11(13)16-12-6-2-4-8-14(12)23-15(9-19-16)21-22-17(23)20-10-24/h1,3-8H,9H2. The first kappa shape index (κ1) is 14.5. The molecule has 1 aliphatic heterocycles. The van der Waals surface area contributed by atoms with Crippen LogP contribution in [-0.4, -0.2) is 26.6 Å². The van der Waals surface area contributed by atoms with Crippen LogP contribution in [0.5, 0.6) is 0 Å². The van der Waals surface area contributed by atoms with Gasteiger partial charge in [-0.2, -0.15) is 0 Å². The molecular formula is C17H9ClN5O. The molecule has 0 saturated heterocycles. The van der Waals surface area contributed by atoms with E-state index in [4.69, 9.17) is 11.6 Å². The van der Waals surface area contributed by atoms with E-state index in [9.17, 15) is 4.79 Å². The van der Waals surface area contributed by atoms with Crippen molar-refractivity contribution >= 4 is 29.3 Å². The smallest absolute Gasteiger partial charge is 0.266 e. The molecule has 7 heteroatoms. The molecule has 1 radical (unpaired) electrons. The summed E-state index contributed by atoms with van der Waals surface area (Å²) in [6.07, 6.45) is 1.51. The van der Waals surface area contributed by atoms with Crippen molar-refractivity contribution in [3.8, 4) is 5.69 Å². The fourth-order valence-electron chi connectivity index (χ4n) is 2.69. The van der Waals surface area contributed by atoms with Gasteiger partial charge in [0.25, 0.3) is 5.95 Å². The monoisotopic (exact) mass is 334 g/mol. The van der Waals surface area contributed by atoms with Crippen LogP contribution < -0.4 is 0 Å². The number of aromatic nitrogens is 3. The van der Waals surface area contributed by atoms with E-state index in [1.165, 1.54) is 6.08 Å². The van der Waals surface area contributed by atoms with Gasteiger partial charge in [0.1, 0.15) is 6.54 Å². The van der Waals surface area contributed by atoms with Crippen LogP contribution >= 0.6 is 11.6 Å². The van der Waals surface area contributed by atoms with Crippen molar-refractivity contribution in [1.29, 1.82) is 0 Å². The van der Waals surface area contributed by atoms with Crippen LogP contribution in [0, 0.1) is 6.07 Å². The fraction of sp³-hybridized carbons (Fsp3) is 0.0588. The highest BCUT2D eigenvalue weighted by Crippen LogP contribution is 2.29. The average Bonchev–Trinajstić information content (AvgIpc) is 2.92. The minimum atomic E-state index is 0.169. The summed E-state index contributed by atoms with van der Waals surface area (Å²) in [5.41, 5.74) is 3.13. The molecule has 0 unspecified atom stereocenters. The lowest BCUT2D eigenvalue weighted by molar-refractivity contribution is 0.565. The molecule has 2 aromatic carbocycles. The quantitative estimate of drug-likeness (QED) is 0.534. The minimum Gasteiger partial charge on any atom is -0.276 e. The highest BCUT2D eigenvalue weighted by Gasteiger charge is 2.23. The van der Waals surface area contributed by atoms with Gasteiger partial charge in [0.05, 0.1) is 11.4 Å². The van der Waals surface area contributed by atoms with Gasteiger partial charge in [-0.25, -0.2) is 4.79 Å². The zero-order chi connectivity index (χ0) is 16.5. The van der Waals surface area contributed by atoms with Crippen LogP contribution in [0.15, 0.2) is 52.4 Å². The lowest BCUT2D eigenvalue weighted by atomic mass is 10.0. The first-order chi connectivity index (χ1) is 11.8. The number of rotatable bonds is 2. The van der Waals surface area contributed by atoms with Crippen LogP contribution in [0.25, 0.3) is 5.69 Å². The van der Waals surface area contributed by atoms with Crippen molar-refractivity contribution in [3.05, 3.63) is 70.5 Å². The van der Waals surface area contributed by atoms with E-state index in [0.29, 0.717) is 10.8 Å². The number of benzene rings is 2. The first-order valence-electron chi connectivity index (χ1n) is 7.12. The number of hydrogen-bond donors (Lipinski definition) is 0. The zero-order valence-electron chi connectivity index (χ0n) is 12.3. The summed E-state index contributed by atoms with van der Waals surface area (Å²) in [5, 5.41) is 8.60. The normalized spacial score (nSPS) is 12.5. The van der Waals surface area contributed by atoms with Gasteiger partial charge in [0.2, 0.25) is 6.08 Å². The van der Waals surface area contributed by atoms with E-state index in [-0.39, 0.29) is 12.5 Å². The lowest BCUT2D eigenvalue weighted by Crippen LogP contribution is -2.07. The summed E-state index contributed by atoms with van der Waals surface area (Å²) in [6, 6.07) is 16.0. The second-order valence-electron chi connectivity index (χ2n) is 5.04. The Kier molecular flexibility index (Phi) is 3.54. The van der Waals surface area contributed by atoms with Crippen molar-refractivity contribution < 1.29 is 4.79 Å². The molecule has 0 spiro atoms. The first-order valence-corrected chi connectivity index (χ1v) is 7.50. The third-order valence-electron chi connectivity index (χ3n) is 3.70. The molecule has 2 heterocycles. The molecule has 3 aromatic rings. The van der Waals surface area contributed by atoms with Crippen molar-refractivity contribution in [3.63, 3.8) is 0 Å². The highest BCUT2D eigenvalue weighted by molar-refractivity contribution is 6.35. The summed E-state index contributed by atoms with van der Waals surface area (Å²) in [5.74, 6) is 0.751. The molecular weight excluding hydrogens is 326 g/mol. The number of halogens is 1. The number of hydrogen-bond acceptors (Lipinski definition) is 5. The van der Waals surface area contributed by atoms with Crippen molar-refractivity contribution in [2.45, 2.75) is 6.54 Å². The summed E-state index contributed by atoms with van der Waals surface area (Å²) in [4.78, 5) is 19.0. The Bertz CT molecular complexity index is 1020. The Morgan fingerprint density at radius 1 is 1.21 bits per heavy atom. The Morgan fingerprint density at radius 2 is 2.08 bits per heavy atom. The summed E-state index contributed by atoms with van der Waals surface area (Å²) in [6.45, 7) is 0.288. The largest absolute Gasteiger partial charge is 0.276 e. The Labute approximate surface area is 142 Å². The molecule has 6 nitrogen and oxygen atoms in total. The third kappa shape index (κ3) is 2.25. The Morgan fingerprint density at radius 3 is 2.92 bits per heavy atom. The van der Waals surface area contributed by atoms with Crippen LogP contribution in [-0.2, 0) is 11.3 Å². The van der Waals surface area contributed by atoms with Gasteiger partial charge in [-0.15, -0.1) is 15.2 Å². The van der Waals surface area contributed by atoms with Crippen LogP contribution in [0.3, 0.4) is 0 Å². The molecule has 115 valence electrons. The molecule has 0 fully saturated rings. The van der Waals surface area contributed by atoms with E-state index < -0.39 is 0 Å². The topological polar surface area (TPSA) is 72.5 Å². The zero-order valence-corrected chi connectivity index (χ0v) is 13.0. The predicted octanol–water partition coefficient (Wildman–Crippen LogP) is 3.04. The predicted molar refractivity (Wildman–Crippen MR) is 88.8 cm³/mol. The Hall–Kier alpha value is -3.08. The van der Waals surface area contributed by atoms with Gasteiger partial charge in [-0.3, -0.25) is 9.56 Å². The highest BCUT2D eigenvalue weighted by atomic mass is 35.5. The maximum Gasteiger partial charge on any atom is 0.266 e. The van der Waals surface area contributed by atoms with Crippen molar-refractivity contribution in [1.82, 2.24) is 14.8 Å². The average molecular weight is 335 g/mol. The molecule has 1 aromatic heterocycles. The molecule has 0 saturated carbocycles. The van der Waals surface area contributed by atoms with E-state index in [2.05, 4.69) is 26.2 Å².